The van der Waals surface area contributed by atoms with Crippen LogP contribution in [0.2, 0.25) is 0 Å². The molecule has 0 bridgehead atoms. The molecule has 0 N–H and O–H groups in total. The number of carboxylic acids is 1. The van der Waals surface area contributed by atoms with E-state index in [1.807, 2.05) is 0 Å². The Kier molecular flexibility index (Phi) is 1.21. The molecule has 1 aliphatic rings. The summed E-state index contributed by atoms with van der Waals surface area (Å²) in [6.07, 6.45) is 0. The van der Waals surface area contributed by atoms with Crippen molar-refractivity contribution in [3.63, 3.8) is 0 Å². The Balaban J connectivity index is 2.75. The van der Waals surface area contributed by atoms with E-state index >= 15 is 0 Å². The van der Waals surface area contributed by atoms with Crippen LogP contribution in [0.25, 0.3) is 0 Å². The number of ether oxygens (including phenoxy) is 1. The summed E-state index contributed by atoms with van der Waals surface area (Å²) < 4.78 is 4.54. The highest BCUT2D eigenvalue weighted by atomic mass is 16.6. The third-order valence-corrected chi connectivity index (χ3v) is 1.53. The van der Waals surface area contributed by atoms with E-state index in [-0.39, 0.29) is 0 Å². The van der Waals surface area contributed by atoms with Gasteiger partial charge in [0, 0.05) is 0 Å². The van der Waals surface area contributed by atoms with E-state index in [1.165, 1.54) is 13.8 Å². The van der Waals surface area contributed by atoms with Gasteiger partial charge in [0.05, 0.1) is 5.97 Å². The molecule has 0 saturated carbocycles. The zero-order valence-corrected chi connectivity index (χ0v) is 5.71. The Labute approximate surface area is 57.8 Å². The lowest BCUT2D eigenvalue weighted by molar-refractivity contribution is -0.323. The molecule has 0 amide bonds. The topological polar surface area (TPSA) is 66.4 Å². The maximum absolute atomic E-state index is 10.4. The molecule has 0 unspecified atom stereocenters. The van der Waals surface area contributed by atoms with Crippen LogP contribution in [0.1, 0.15) is 13.8 Å². The van der Waals surface area contributed by atoms with Crippen LogP contribution in [0.3, 0.4) is 0 Å². The smallest absolute Gasteiger partial charge is 0.319 e. The first-order chi connectivity index (χ1) is 4.45. The summed E-state index contributed by atoms with van der Waals surface area (Å²) in [5.41, 5.74) is -0.879. The van der Waals surface area contributed by atoms with Gasteiger partial charge in [0.2, 0.25) is 0 Å². The molecule has 1 aliphatic heterocycles. The number of rotatable bonds is 1. The van der Waals surface area contributed by atoms with E-state index in [0.717, 1.165) is 0 Å². The number of carbonyl (C=O) groups is 2. The lowest BCUT2D eigenvalue weighted by atomic mass is 9.85. The highest BCUT2D eigenvalue weighted by Gasteiger charge is 2.50. The van der Waals surface area contributed by atoms with E-state index in [4.69, 9.17) is 0 Å². The molecule has 1 atom stereocenters. The Morgan fingerprint density at radius 3 is 2.30 bits per heavy atom. The Morgan fingerprint density at radius 1 is 1.70 bits per heavy atom. The third-order valence-electron chi connectivity index (χ3n) is 1.53. The van der Waals surface area contributed by atoms with Gasteiger partial charge < -0.3 is 14.6 Å². The number of esters is 1. The molecule has 0 spiro atoms. The van der Waals surface area contributed by atoms with Gasteiger partial charge in [0.1, 0.15) is 11.5 Å². The van der Waals surface area contributed by atoms with Crippen LogP contribution in [0.4, 0.5) is 0 Å². The van der Waals surface area contributed by atoms with Gasteiger partial charge in [-0.1, -0.05) is 0 Å². The van der Waals surface area contributed by atoms with E-state index in [0.29, 0.717) is 0 Å². The number of cyclic esters (lactones) is 1. The summed E-state index contributed by atoms with van der Waals surface area (Å²) in [5, 5.41) is 10.2. The van der Waals surface area contributed by atoms with Crippen LogP contribution >= 0.6 is 0 Å². The fourth-order valence-electron chi connectivity index (χ4n) is 0.983. The van der Waals surface area contributed by atoms with Crippen LogP contribution < -0.4 is 5.11 Å². The van der Waals surface area contributed by atoms with Gasteiger partial charge in [0.15, 0.2) is 0 Å². The lowest BCUT2D eigenvalue weighted by Gasteiger charge is -2.42. The van der Waals surface area contributed by atoms with Crippen molar-refractivity contribution in [1.82, 2.24) is 0 Å². The number of carbonyl (C=O) groups excluding carboxylic acids is 2. The molecular weight excluding hydrogens is 136 g/mol. The van der Waals surface area contributed by atoms with Crippen molar-refractivity contribution in [2.75, 3.05) is 0 Å². The van der Waals surface area contributed by atoms with Crippen LogP contribution in [-0.2, 0) is 14.3 Å². The molecule has 0 radical (unpaired) electrons. The molecule has 10 heavy (non-hydrogen) atoms. The van der Waals surface area contributed by atoms with E-state index in [1.54, 1.807) is 0 Å². The van der Waals surface area contributed by atoms with Crippen LogP contribution in [0.15, 0.2) is 0 Å². The van der Waals surface area contributed by atoms with Gasteiger partial charge in [-0.25, -0.2) is 0 Å². The lowest BCUT2D eigenvalue weighted by Crippen LogP contribution is -2.60. The average Bonchev–Trinajstić information content (AvgIpc) is 1.58. The molecule has 1 rings (SSSR count). The zero-order valence-electron chi connectivity index (χ0n) is 5.71. The van der Waals surface area contributed by atoms with Crippen LogP contribution in [-0.4, -0.2) is 17.5 Å². The molecule has 0 aliphatic carbocycles. The highest BCUT2D eigenvalue weighted by molar-refractivity contribution is 5.98. The van der Waals surface area contributed by atoms with E-state index < -0.39 is 23.5 Å². The second kappa shape index (κ2) is 1.71. The normalized spacial score (nSPS) is 28.6. The number of carboxylic acid groups (broad SMARTS) is 1. The quantitative estimate of drug-likeness (QED) is 0.337. The minimum Gasteiger partial charge on any atom is -0.549 e. The summed E-state index contributed by atoms with van der Waals surface area (Å²) in [6.45, 7) is 3.07. The molecule has 56 valence electrons. The molecular formula is C6H7O4-. The fourth-order valence-corrected chi connectivity index (χ4v) is 0.983. The van der Waals surface area contributed by atoms with Crippen molar-refractivity contribution in [1.29, 1.82) is 0 Å². The average molecular weight is 143 g/mol. The van der Waals surface area contributed by atoms with Gasteiger partial charge in [-0.15, -0.1) is 0 Å². The Hall–Kier alpha value is -1.06. The Bertz CT molecular complexity index is 186. The molecule has 0 aromatic heterocycles. The second-order valence-electron chi connectivity index (χ2n) is 2.78. The molecule has 0 aromatic carbocycles. The van der Waals surface area contributed by atoms with E-state index in [2.05, 4.69) is 4.74 Å². The van der Waals surface area contributed by atoms with Crippen molar-refractivity contribution < 1.29 is 19.4 Å². The van der Waals surface area contributed by atoms with Gasteiger partial charge in [0.25, 0.3) is 0 Å². The summed E-state index contributed by atoms with van der Waals surface area (Å²) in [7, 11) is 0. The van der Waals surface area contributed by atoms with Crippen molar-refractivity contribution in [2.24, 2.45) is 5.92 Å². The van der Waals surface area contributed by atoms with Crippen molar-refractivity contribution >= 4 is 11.9 Å². The highest BCUT2D eigenvalue weighted by Crippen LogP contribution is 2.32. The first kappa shape index (κ1) is 7.05. The van der Waals surface area contributed by atoms with Crippen LogP contribution in [0.5, 0.6) is 0 Å². The zero-order chi connectivity index (χ0) is 7.94. The SMILES string of the molecule is CC1(C)OC(=O)[C@@H]1C(=O)[O-]. The van der Waals surface area contributed by atoms with Crippen LogP contribution in [0, 0.1) is 5.92 Å². The minimum atomic E-state index is -1.36. The standard InChI is InChI=1S/C6H8O4/c1-6(2)3(4(7)8)5(9)10-6/h3H,1-2H3,(H,7,8)/p-1/t3-/m0/s1. The molecule has 4 heteroatoms. The minimum absolute atomic E-state index is 0.704. The van der Waals surface area contributed by atoms with Gasteiger partial charge in [-0.05, 0) is 13.8 Å². The molecule has 1 saturated heterocycles. The second-order valence-corrected chi connectivity index (χ2v) is 2.78. The first-order valence-corrected chi connectivity index (χ1v) is 2.89. The predicted octanol–water partition coefficient (Wildman–Crippen LogP) is -1.31. The third kappa shape index (κ3) is 0.761. The fraction of sp³-hybridized carbons (Fsp3) is 0.667. The summed E-state index contributed by atoms with van der Waals surface area (Å²) in [4.78, 5) is 20.6. The largest absolute Gasteiger partial charge is 0.549 e. The van der Waals surface area contributed by atoms with Gasteiger partial charge >= 0.3 is 5.97 Å². The monoisotopic (exact) mass is 143 g/mol. The maximum atomic E-state index is 10.4. The number of hydrogen-bond donors (Lipinski definition) is 0. The first-order valence-electron chi connectivity index (χ1n) is 2.89. The van der Waals surface area contributed by atoms with Gasteiger partial charge in [-0.3, -0.25) is 4.79 Å². The summed E-state index contributed by atoms with van der Waals surface area (Å²) in [6, 6.07) is 0. The molecule has 4 nitrogen and oxygen atoms in total. The Morgan fingerprint density at radius 2 is 2.20 bits per heavy atom. The molecule has 1 fully saturated rings. The number of aliphatic carboxylic acids is 1. The number of hydrogen-bond acceptors (Lipinski definition) is 4. The summed E-state index contributed by atoms with van der Waals surface area (Å²) in [5.74, 6) is -3.15. The predicted molar refractivity (Wildman–Crippen MR) is 28.7 cm³/mol. The van der Waals surface area contributed by atoms with Gasteiger partial charge in [-0.2, -0.15) is 0 Å². The molecule has 0 aromatic rings. The van der Waals surface area contributed by atoms with Crippen molar-refractivity contribution in [2.45, 2.75) is 19.4 Å². The van der Waals surface area contributed by atoms with Crippen molar-refractivity contribution in [3.8, 4) is 0 Å². The van der Waals surface area contributed by atoms with E-state index in [9.17, 15) is 14.7 Å². The maximum Gasteiger partial charge on any atom is 0.319 e. The molecule has 1 heterocycles. The van der Waals surface area contributed by atoms with Crippen molar-refractivity contribution in [3.05, 3.63) is 0 Å². The summed E-state index contributed by atoms with van der Waals surface area (Å²) >= 11 is 0.